The highest BCUT2D eigenvalue weighted by molar-refractivity contribution is 5.76. The van der Waals surface area contributed by atoms with Gasteiger partial charge in [0.15, 0.2) is 0 Å². The first kappa shape index (κ1) is 8.69. The molecule has 1 heterocycles. The number of benzene rings is 1. The summed E-state index contributed by atoms with van der Waals surface area (Å²) in [6.45, 7) is 0.539. The molecule has 0 bridgehead atoms. The second-order valence-electron chi connectivity index (χ2n) is 3.17. The first-order valence-electron chi connectivity index (χ1n) is 4.31. The molecule has 0 atom stereocenters. The van der Waals surface area contributed by atoms with Gasteiger partial charge in [-0.15, -0.1) is 0 Å². The molecule has 14 heavy (non-hydrogen) atoms. The minimum Gasteiger partial charge on any atom is -0.317 e. The van der Waals surface area contributed by atoms with E-state index in [0.29, 0.717) is 12.1 Å². The Kier molecular flexibility index (Phi) is 2.14. The zero-order chi connectivity index (χ0) is 9.97. The molecule has 70 valence electrons. The zero-order valence-corrected chi connectivity index (χ0v) is 7.51. The van der Waals surface area contributed by atoms with Gasteiger partial charge < -0.3 is 4.90 Å². The lowest BCUT2D eigenvalue weighted by Crippen LogP contribution is -2.17. The minimum absolute atomic E-state index is 0.539. The van der Waals surface area contributed by atoms with E-state index in [0.717, 1.165) is 23.8 Å². The van der Waals surface area contributed by atoms with E-state index >= 15 is 0 Å². The third-order valence-electron chi connectivity index (χ3n) is 2.24. The minimum atomic E-state index is 0.539. The summed E-state index contributed by atoms with van der Waals surface area (Å²) in [6, 6.07) is 5.47. The summed E-state index contributed by atoms with van der Waals surface area (Å²) in [7, 11) is 0. The number of amides is 1. The van der Waals surface area contributed by atoms with Crippen molar-refractivity contribution in [3.8, 4) is 0 Å². The molecular formula is C11H9NO2. The molecule has 1 aliphatic heterocycles. The summed E-state index contributed by atoms with van der Waals surface area (Å²) < 4.78 is 0. The van der Waals surface area contributed by atoms with E-state index in [9.17, 15) is 9.59 Å². The molecule has 0 aliphatic carbocycles. The number of hydrogen-bond acceptors (Lipinski definition) is 2. The lowest BCUT2D eigenvalue weighted by Gasteiger charge is -2.19. The van der Waals surface area contributed by atoms with Crippen LogP contribution in [0.3, 0.4) is 0 Å². The smallest absolute Gasteiger partial charge is 0.213 e. The van der Waals surface area contributed by atoms with Crippen LogP contribution in [0.4, 0.5) is 0 Å². The maximum absolute atomic E-state index is 10.5. The number of rotatable bonds is 2. The highest BCUT2D eigenvalue weighted by Crippen LogP contribution is 2.19. The molecule has 1 aromatic rings. The second-order valence-corrected chi connectivity index (χ2v) is 3.17. The molecule has 0 radical (unpaired) electrons. The van der Waals surface area contributed by atoms with E-state index in [1.165, 1.54) is 4.90 Å². The van der Waals surface area contributed by atoms with Crippen LogP contribution in [-0.4, -0.2) is 17.6 Å². The fourth-order valence-corrected chi connectivity index (χ4v) is 1.50. The number of nitrogens with zero attached hydrogens (tertiary/aromatic N) is 1. The molecule has 3 heteroatoms. The maximum atomic E-state index is 10.5. The highest BCUT2D eigenvalue weighted by Gasteiger charge is 2.09. The Hall–Kier alpha value is -1.90. The van der Waals surface area contributed by atoms with Gasteiger partial charge in [0, 0.05) is 11.8 Å². The van der Waals surface area contributed by atoms with Crippen molar-refractivity contribution in [1.29, 1.82) is 0 Å². The van der Waals surface area contributed by atoms with Crippen LogP contribution in [0.15, 0.2) is 24.4 Å². The van der Waals surface area contributed by atoms with Crippen molar-refractivity contribution in [3.63, 3.8) is 0 Å². The number of fused-ring (bicyclic) bond motifs is 1. The molecule has 0 saturated heterocycles. The van der Waals surface area contributed by atoms with E-state index in [4.69, 9.17) is 0 Å². The summed E-state index contributed by atoms with van der Waals surface area (Å²) in [5.41, 5.74) is 2.71. The van der Waals surface area contributed by atoms with E-state index in [-0.39, 0.29) is 0 Å². The predicted molar refractivity (Wildman–Crippen MR) is 52.5 cm³/mol. The monoisotopic (exact) mass is 187 g/mol. The third-order valence-corrected chi connectivity index (χ3v) is 2.24. The summed E-state index contributed by atoms with van der Waals surface area (Å²) >= 11 is 0. The molecule has 3 nitrogen and oxygen atoms in total. The third kappa shape index (κ3) is 1.44. The Labute approximate surface area is 81.6 Å². The quantitative estimate of drug-likeness (QED) is 0.657. The first-order valence-corrected chi connectivity index (χ1v) is 4.31. The average molecular weight is 187 g/mol. The topological polar surface area (TPSA) is 37.4 Å². The molecule has 0 N–H and O–H groups in total. The lowest BCUT2D eigenvalue weighted by molar-refractivity contribution is -0.116. The lowest BCUT2D eigenvalue weighted by atomic mass is 10.0. The van der Waals surface area contributed by atoms with Crippen molar-refractivity contribution >= 4 is 18.8 Å². The van der Waals surface area contributed by atoms with Crippen LogP contribution in [0.1, 0.15) is 21.5 Å². The van der Waals surface area contributed by atoms with Crippen LogP contribution in [-0.2, 0) is 11.3 Å². The Morgan fingerprint density at radius 3 is 2.86 bits per heavy atom. The zero-order valence-electron chi connectivity index (χ0n) is 7.51. The van der Waals surface area contributed by atoms with Crippen molar-refractivity contribution < 1.29 is 9.59 Å². The Bertz CT molecular complexity index is 410. The van der Waals surface area contributed by atoms with Crippen molar-refractivity contribution in [2.45, 2.75) is 6.54 Å². The fourth-order valence-electron chi connectivity index (χ4n) is 1.50. The summed E-state index contributed by atoms with van der Waals surface area (Å²) in [6.07, 6.45) is 5.18. The molecule has 0 fully saturated rings. The van der Waals surface area contributed by atoms with Crippen molar-refractivity contribution in [1.82, 2.24) is 4.90 Å². The first-order chi connectivity index (χ1) is 6.83. The van der Waals surface area contributed by atoms with E-state index < -0.39 is 0 Å². The van der Waals surface area contributed by atoms with E-state index in [2.05, 4.69) is 0 Å². The maximum Gasteiger partial charge on any atom is 0.213 e. The van der Waals surface area contributed by atoms with Crippen LogP contribution in [0.5, 0.6) is 0 Å². The molecular weight excluding hydrogens is 178 g/mol. The van der Waals surface area contributed by atoms with Gasteiger partial charge in [0.1, 0.15) is 6.29 Å². The summed E-state index contributed by atoms with van der Waals surface area (Å²) in [5.74, 6) is 0. The fraction of sp³-hybridized carbons (Fsp3) is 0.0909. The summed E-state index contributed by atoms with van der Waals surface area (Å²) in [5, 5.41) is 0. The van der Waals surface area contributed by atoms with E-state index in [1.807, 2.05) is 18.2 Å². The largest absolute Gasteiger partial charge is 0.317 e. The van der Waals surface area contributed by atoms with Crippen molar-refractivity contribution in [2.75, 3.05) is 0 Å². The number of carbonyl (C=O) groups excluding carboxylic acids is 2. The van der Waals surface area contributed by atoms with Gasteiger partial charge >= 0.3 is 0 Å². The predicted octanol–water partition coefficient (Wildman–Crippen LogP) is 1.44. The van der Waals surface area contributed by atoms with Gasteiger partial charge in [-0.1, -0.05) is 12.1 Å². The van der Waals surface area contributed by atoms with Gasteiger partial charge in [-0.05, 0) is 23.3 Å². The molecule has 2 rings (SSSR count). The van der Waals surface area contributed by atoms with Crippen LogP contribution in [0, 0.1) is 0 Å². The molecule has 1 aliphatic rings. The molecule has 1 aromatic carbocycles. The molecule has 0 spiro atoms. The normalized spacial score (nSPS) is 13.6. The van der Waals surface area contributed by atoms with Gasteiger partial charge in [-0.3, -0.25) is 9.59 Å². The number of carbonyl (C=O) groups is 2. The van der Waals surface area contributed by atoms with Gasteiger partial charge in [0.2, 0.25) is 6.41 Å². The molecule has 0 unspecified atom stereocenters. The van der Waals surface area contributed by atoms with Crippen molar-refractivity contribution in [2.24, 2.45) is 0 Å². The van der Waals surface area contributed by atoms with Gasteiger partial charge in [-0.2, -0.15) is 0 Å². The SMILES string of the molecule is O=Cc1ccc2c(c1)CN(C=O)C=C2. The van der Waals surface area contributed by atoms with Crippen LogP contribution >= 0.6 is 0 Å². The Morgan fingerprint density at radius 1 is 1.29 bits per heavy atom. The van der Waals surface area contributed by atoms with E-state index in [1.54, 1.807) is 12.3 Å². The average Bonchev–Trinajstić information content (AvgIpc) is 2.27. The number of hydrogen-bond donors (Lipinski definition) is 0. The van der Waals surface area contributed by atoms with Crippen molar-refractivity contribution in [3.05, 3.63) is 41.1 Å². The van der Waals surface area contributed by atoms with Gasteiger partial charge in [0.05, 0.1) is 6.54 Å². The highest BCUT2D eigenvalue weighted by atomic mass is 16.1. The standard InChI is InChI=1S/C11H9NO2/c13-7-9-1-2-10-3-4-12(8-14)6-11(10)5-9/h1-5,7-8H,6H2. The number of aldehydes is 1. The van der Waals surface area contributed by atoms with Gasteiger partial charge in [0.25, 0.3) is 0 Å². The van der Waals surface area contributed by atoms with Gasteiger partial charge in [-0.25, -0.2) is 0 Å². The van der Waals surface area contributed by atoms with Crippen LogP contribution < -0.4 is 0 Å². The summed E-state index contributed by atoms with van der Waals surface area (Å²) in [4.78, 5) is 22.6. The molecule has 0 saturated carbocycles. The van der Waals surface area contributed by atoms with Crippen LogP contribution in [0.25, 0.3) is 6.08 Å². The Morgan fingerprint density at radius 2 is 2.14 bits per heavy atom. The van der Waals surface area contributed by atoms with Crippen LogP contribution in [0.2, 0.25) is 0 Å². The molecule has 1 amide bonds. The second kappa shape index (κ2) is 3.46. The molecule has 0 aromatic heterocycles. The Balaban J connectivity index is 2.41.